The van der Waals surface area contributed by atoms with Gasteiger partial charge in [0.1, 0.15) is 0 Å². The van der Waals surface area contributed by atoms with Gasteiger partial charge in [0.2, 0.25) is 5.95 Å². The van der Waals surface area contributed by atoms with E-state index < -0.39 is 16.8 Å². The number of aromatic nitrogens is 6. The Labute approximate surface area is 184 Å². The number of rotatable bonds is 6. The van der Waals surface area contributed by atoms with Crippen LogP contribution in [0.2, 0.25) is 0 Å². The van der Waals surface area contributed by atoms with E-state index in [1.807, 2.05) is 49.4 Å². The molecule has 0 aliphatic carbocycles. The van der Waals surface area contributed by atoms with E-state index in [4.69, 9.17) is 5.73 Å². The van der Waals surface area contributed by atoms with Crippen LogP contribution in [0.25, 0.3) is 22.2 Å². The molecule has 0 spiro atoms. The summed E-state index contributed by atoms with van der Waals surface area (Å²) in [6.07, 6.45) is 1.70. The van der Waals surface area contributed by atoms with Gasteiger partial charge in [-0.05, 0) is 45.0 Å². The molecule has 4 aromatic heterocycles. The minimum absolute atomic E-state index is 0.0577. The lowest BCUT2D eigenvalue weighted by Crippen LogP contribution is -2.44. The van der Waals surface area contributed by atoms with E-state index in [1.54, 1.807) is 25.4 Å². The van der Waals surface area contributed by atoms with Gasteiger partial charge in [0, 0.05) is 38.9 Å². The maximum absolute atomic E-state index is 13.5. The fourth-order valence-corrected chi connectivity index (χ4v) is 4.02. The molecule has 0 amide bonds. The first-order chi connectivity index (χ1) is 15.1. The normalized spacial score (nSPS) is 12.1. The minimum Gasteiger partial charge on any atom is -0.343 e. The molecule has 0 radical (unpaired) electrons. The SMILES string of the molecule is CCn1c(N(C)CC(C)(C)N)nc2c1c(=O)n(Cc1ccc3ncccc3n1)c(=O)n2C. The second kappa shape index (κ2) is 7.86. The third kappa shape index (κ3) is 3.77. The van der Waals surface area contributed by atoms with Crippen LogP contribution in [0.4, 0.5) is 5.95 Å². The van der Waals surface area contributed by atoms with E-state index in [0.717, 1.165) is 5.52 Å². The fraction of sp³-hybridized carbons (Fsp3) is 0.409. The van der Waals surface area contributed by atoms with Crippen LogP contribution in [0.5, 0.6) is 0 Å². The Morgan fingerprint density at radius 2 is 1.84 bits per heavy atom. The van der Waals surface area contributed by atoms with Gasteiger partial charge in [-0.3, -0.25) is 18.9 Å². The molecule has 10 heteroatoms. The molecule has 10 nitrogen and oxygen atoms in total. The number of likely N-dealkylation sites (N-methyl/N-ethyl adjacent to an activating group) is 1. The van der Waals surface area contributed by atoms with Crippen LogP contribution in [0.1, 0.15) is 26.5 Å². The van der Waals surface area contributed by atoms with E-state index in [0.29, 0.717) is 41.4 Å². The molecular weight excluding hydrogens is 408 g/mol. The predicted octanol–water partition coefficient (Wildman–Crippen LogP) is 1.08. The molecule has 0 aliphatic rings. The topological polar surface area (TPSA) is 117 Å². The fourth-order valence-electron chi connectivity index (χ4n) is 4.02. The summed E-state index contributed by atoms with van der Waals surface area (Å²) in [6, 6.07) is 7.27. The molecule has 0 atom stereocenters. The van der Waals surface area contributed by atoms with Crippen LogP contribution in [0.3, 0.4) is 0 Å². The summed E-state index contributed by atoms with van der Waals surface area (Å²) in [4.78, 5) is 41.9. The van der Waals surface area contributed by atoms with Crippen molar-refractivity contribution in [1.29, 1.82) is 0 Å². The smallest absolute Gasteiger partial charge is 0.332 e. The summed E-state index contributed by atoms with van der Waals surface area (Å²) in [5.41, 5.74) is 7.71. The largest absolute Gasteiger partial charge is 0.343 e. The van der Waals surface area contributed by atoms with Crippen molar-refractivity contribution in [2.45, 2.75) is 39.4 Å². The summed E-state index contributed by atoms with van der Waals surface area (Å²) in [7, 11) is 3.51. The number of hydrogen-bond acceptors (Lipinski definition) is 7. The highest BCUT2D eigenvalue weighted by atomic mass is 16.2. The second-order valence-electron chi connectivity index (χ2n) is 8.75. The summed E-state index contributed by atoms with van der Waals surface area (Å²) >= 11 is 0. The van der Waals surface area contributed by atoms with Crippen LogP contribution >= 0.6 is 0 Å². The molecule has 2 N–H and O–H groups in total. The quantitative estimate of drug-likeness (QED) is 0.481. The zero-order valence-electron chi connectivity index (χ0n) is 19.0. The van der Waals surface area contributed by atoms with E-state index in [-0.39, 0.29) is 6.54 Å². The highest BCUT2D eigenvalue weighted by Crippen LogP contribution is 2.20. The van der Waals surface area contributed by atoms with Crippen molar-refractivity contribution in [1.82, 2.24) is 28.7 Å². The van der Waals surface area contributed by atoms with Gasteiger partial charge in [0.15, 0.2) is 11.2 Å². The monoisotopic (exact) mass is 436 g/mol. The van der Waals surface area contributed by atoms with E-state index in [9.17, 15) is 9.59 Å². The van der Waals surface area contributed by atoms with Gasteiger partial charge in [-0.25, -0.2) is 9.78 Å². The molecule has 0 unspecified atom stereocenters. The standard InChI is InChI=1S/C22H28N8O2/c1-6-29-17-18(26-20(29)27(4)13-22(2,3)23)28(5)21(32)30(19(17)31)12-14-9-10-15-16(25-14)8-7-11-24-15/h7-11H,6,12-13,23H2,1-5H3. The summed E-state index contributed by atoms with van der Waals surface area (Å²) < 4.78 is 4.45. The molecular formula is C22H28N8O2. The van der Waals surface area contributed by atoms with Gasteiger partial charge < -0.3 is 15.2 Å². The lowest BCUT2D eigenvalue weighted by Gasteiger charge is -2.27. The Balaban J connectivity index is 1.87. The zero-order chi connectivity index (χ0) is 23.2. The number of pyridine rings is 2. The van der Waals surface area contributed by atoms with Gasteiger partial charge >= 0.3 is 5.69 Å². The van der Waals surface area contributed by atoms with Crippen molar-refractivity contribution in [3.8, 4) is 0 Å². The summed E-state index contributed by atoms with van der Waals surface area (Å²) in [5, 5.41) is 0. The predicted molar refractivity (Wildman–Crippen MR) is 125 cm³/mol. The van der Waals surface area contributed by atoms with E-state index in [2.05, 4.69) is 15.0 Å². The Hall–Kier alpha value is -3.53. The third-order valence-electron chi connectivity index (χ3n) is 5.35. The Bertz CT molecular complexity index is 1420. The lowest BCUT2D eigenvalue weighted by atomic mass is 10.1. The number of hydrogen-bond donors (Lipinski definition) is 1. The van der Waals surface area contributed by atoms with Gasteiger partial charge in [0.05, 0.1) is 23.3 Å². The molecule has 0 bridgehead atoms. The van der Waals surface area contributed by atoms with E-state index in [1.165, 1.54) is 9.13 Å². The molecule has 0 saturated carbocycles. The van der Waals surface area contributed by atoms with Gasteiger partial charge in [-0.2, -0.15) is 4.98 Å². The number of aryl methyl sites for hydroxylation is 2. The Morgan fingerprint density at radius 1 is 1.09 bits per heavy atom. The molecule has 4 rings (SSSR count). The molecule has 0 fully saturated rings. The first-order valence-electron chi connectivity index (χ1n) is 10.5. The first-order valence-corrected chi connectivity index (χ1v) is 10.5. The molecule has 168 valence electrons. The molecule has 0 saturated heterocycles. The average molecular weight is 437 g/mol. The highest BCUT2D eigenvalue weighted by molar-refractivity contribution is 5.75. The second-order valence-corrected chi connectivity index (χ2v) is 8.75. The van der Waals surface area contributed by atoms with Gasteiger partial charge in [-0.15, -0.1) is 0 Å². The number of fused-ring (bicyclic) bond motifs is 2. The van der Waals surface area contributed by atoms with Crippen LogP contribution < -0.4 is 21.9 Å². The maximum atomic E-state index is 13.5. The van der Waals surface area contributed by atoms with Gasteiger partial charge in [0.25, 0.3) is 5.56 Å². The molecule has 32 heavy (non-hydrogen) atoms. The van der Waals surface area contributed by atoms with Gasteiger partial charge in [-0.1, -0.05) is 0 Å². The number of nitrogens with two attached hydrogens (primary N) is 1. The molecule has 0 aliphatic heterocycles. The zero-order valence-corrected chi connectivity index (χ0v) is 19.0. The Morgan fingerprint density at radius 3 is 2.53 bits per heavy atom. The van der Waals surface area contributed by atoms with Crippen molar-refractivity contribution in [3.63, 3.8) is 0 Å². The third-order valence-corrected chi connectivity index (χ3v) is 5.35. The number of anilines is 1. The summed E-state index contributed by atoms with van der Waals surface area (Å²) in [6.45, 7) is 6.91. The van der Waals surface area contributed by atoms with Crippen molar-refractivity contribution < 1.29 is 0 Å². The molecule has 4 aromatic rings. The minimum atomic E-state index is -0.450. The first kappa shape index (κ1) is 21.7. The maximum Gasteiger partial charge on any atom is 0.332 e. The number of nitrogens with zero attached hydrogens (tertiary/aromatic N) is 7. The van der Waals surface area contributed by atoms with Crippen LogP contribution in [0, 0.1) is 0 Å². The van der Waals surface area contributed by atoms with Crippen molar-refractivity contribution in [3.05, 3.63) is 57.0 Å². The van der Waals surface area contributed by atoms with E-state index >= 15 is 0 Å². The van der Waals surface area contributed by atoms with Crippen LogP contribution in [0.15, 0.2) is 40.1 Å². The lowest BCUT2D eigenvalue weighted by molar-refractivity contribution is 0.512. The van der Waals surface area contributed by atoms with Crippen LogP contribution in [-0.4, -0.2) is 47.8 Å². The number of imidazole rings is 1. The van der Waals surface area contributed by atoms with Crippen molar-refractivity contribution in [2.24, 2.45) is 12.8 Å². The molecule has 0 aromatic carbocycles. The highest BCUT2D eigenvalue weighted by Gasteiger charge is 2.24. The summed E-state index contributed by atoms with van der Waals surface area (Å²) in [5.74, 6) is 0.598. The van der Waals surface area contributed by atoms with Crippen LogP contribution in [-0.2, 0) is 20.1 Å². The van der Waals surface area contributed by atoms with Crippen molar-refractivity contribution >= 4 is 28.1 Å². The average Bonchev–Trinajstić information content (AvgIpc) is 3.14. The Kier molecular flexibility index (Phi) is 5.33. The van der Waals surface area contributed by atoms with Crippen molar-refractivity contribution in [2.75, 3.05) is 18.5 Å². The molecule has 4 heterocycles.